The van der Waals surface area contributed by atoms with Crippen molar-refractivity contribution in [1.29, 1.82) is 0 Å². The lowest BCUT2D eigenvalue weighted by molar-refractivity contribution is -0.245. The molecule has 1 aliphatic heterocycles. The highest BCUT2D eigenvalue weighted by Crippen LogP contribution is 2.40. The van der Waals surface area contributed by atoms with Crippen molar-refractivity contribution in [3.05, 3.63) is 108 Å². The molecule has 3 atom stereocenters. The molecule has 8 nitrogen and oxygen atoms in total. The molecule has 1 saturated heterocycles. The van der Waals surface area contributed by atoms with Gasteiger partial charge in [-0.15, -0.1) is 11.8 Å². The summed E-state index contributed by atoms with van der Waals surface area (Å²) >= 11 is 1.44. The number of carboxylic acid groups (broad SMARTS) is 1. The summed E-state index contributed by atoms with van der Waals surface area (Å²) < 4.78 is 17.6. The number of rotatable bonds is 10. The van der Waals surface area contributed by atoms with Crippen LogP contribution in [0.15, 0.2) is 90.3 Å². The molecule has 0 radical (unpaired) electrons. The predicted molar refractivity (Wildman–Crippen MR) is 144 cm³/mol. The minimum absolute atomic E-state index is 0.0404. The zero-order valence-corrected chi connectivity index (χ0v) is 21.4. The third kappa shape index (κ3) is 7.23. The molecule has 0 aromatic heterocycles. The van der Waals surface area contributed by atoms with Crippen LogP contribution in [-0.2, 0) is 20.8 Å². The minimum Gasteiger partial charge on any atom is -0.478 e. The van der Waals surface area contributed by atoms with Crippen LogP contribution >= 0.6 is 11.8 Å². The number of carboxylic acids is 1. The van der Waals surface area contributed by atoms with E-state index in [0.717, 1.165) is 16.7 Å². The number of aliphatic hydroxyl groups is 1. The van der Waals surface area contributed by atoms with Gasteiger partial charge < -0.3 is 24.4 Å². The molecule has 1 aliphatic rings. The van der Waals surface area contributed by atoms with E-state index in [-0.39, 0.29) is 31.0 Å². The molecule has 198 valence electrons. The van der Waals surface area contributed by atoms with E-state index >= 15 is 0 Å². The van der Waals surface area contributed by atoms with Gasteiger partial charge in [-0.2, -0.15) is 0 Å². The highest BCUT2D eigenvalue weighted by molar-refractivity contribution is 7.99. The second-order valence-electron chi connectivity index (χ2n) is 8.60. The summed E-state index contributed by atoms with van der Waals surface area (Å²) in [6, 6.07) is 21.6. The van der Waals surface area contributed by atoms with E-state index in [1.54, 1.807) is 30.3 Å². The number of aromatic carboxylic acids is 1. The molecule has 0 spiro atoms. The quantitative estimate of drug-likeness (QED) is 0.216. The van der Waals surface area contributed by atoms with Gasteiger partial charge in [0.1, 0.15) is 6.61 Å². The van der Waals surface area contributed by atoms with Crippen molar-refractivity contribution in [3.8, 4) is 0 Å². The van der Waals surface area contributed by atoms with Gasteiger partial charge in [-0.05, 0) is 35.4 Å². The van der Waals surface area contributed by atoms with Crippen LogP contribution in [0.25, 0.3) is 0 Å². The maximum absolute atomic E-state index is 11.8. The molecule has 1 amide bonds. The number of carbonyl (C=O) groups is 2. The molecule has 0 aliphatic carbocycles. The topological polar surface area (TPSA) is 114 Å². The maximum Gasteiger partial charge on any atom is 0.411 e. The molecule has 0 unspecified atom stereocenters. The predicted octanol–water partition coefficient (Wildman–Crippen LogP) is 5.95. The Kier molecular flexibility index (Phi) is 9.56. The first-order chi connectivity index (χ1) is 18.5. The summed E-state index contributed by atoms with van der Waals surface area (Å²) in [5.41, 5.74) is 3.36. The first-order valence-corrected chi connectivity index (χ1v) is 13.1. The number of aliphatic hydroxyl groups excluding tert-OH is 1. The number of amides is 1. The van der Waals surface area contributed by atoms with Crippen molar-refractivity contribution in [3.63, 3.8) is 0 Å². The number of benzene rings is 3. The molecule has 1 heterocycles. The standard InChI is InChI=1S/C29H29NO7S/c1-2-15-35-29(34)30-22-13-11-21(12-14-22)28-36-23(18-38-26-6-4-3-5-24(26)27(32)33)16-25(37-28)20-9-7-19(17-31)8-10-20/h2-14,23,25,28,31H,1,15-18H2,(H,30,34)(H,32,33)/t23-,25+,28+/m0/s1. The van der Waals surface area contributed by atoms with Crippen molar-refractivity contribution in [2.24, 2.45) is 0 Å². The van der Waals surface area contributed by atoms with E-state index in [9.17, 15) is 19.8 Å². The van der Waals surface area contributed by atoms with Gasteiger partial charge in [0, 0.05) is 28.3 Å². The smallest absolute Gasteiger partial charge is 0.411 e. The Morgan fingerprint density at radius 2 is 1.74 bits per heavy atom. The minimum atomic E-state index is -0.970. The zero-order valence-electron chi connectivity index (χ0n) is 20.6. The Balaban J connectivity index is 1.51. The number of ether oxygens (including phenoxy) is 3. The van der Waals surface area contributed by atoms with Gasteiger partial charge in [-0.1, -0.05) is 61.2 Å². The highest BCUT2D eigenvalue weighted by Gasteiger charge is 2.32. The van der Waals surface area contributed by atoms with Crippen LogP contribution in [0.5, 0.6) is 0 Å². The number of hydrogen-bond donors (Lipinski definition) is 3. The number of carbonyl (C=O) groups excluding carboxylic acids is 1. The van der Waals surface area contributed by atoms with E-state index in [1.165, 1.54) is 17.8 Å². The van der Waals surface area contributed by atoms with Gasteiger partial charge in [-0.25, -0.2) is 9.59 Å². The van der Waals surface area contributed by atoms with Crippen LogP contribution in [0.1, 0.15) is 45.9 Å². The first kappa shape index (κ1) is 27.4. The summed E-state index contributed by atoms with van der Waals surface area (Å²) in [4.78, 5) is 24.1. The number of anilines is 1. The summed E-state index contributed by atoms with van der Waals surface area (Å²) in [5.74, 6) is -0.438. The Labute approximate surface area is 225 Å². The fourth-order valence-electron chi connectivity index (χ4n) is 3.99. The van der Waals surface area contributed by atoms with Gasteiger partial charge in [0.25, 0.3) is 0 Å². The lowest BCUT2D eigenvalue weighted by Gasteiger charge is -2.36. The molecule has 3 aromatic carbocycles. The van der Waals surface area contributed by atoms with Crippen molar-refractivity contribution < 1.29 is 34.0 Å². The number of thioether (sulfide) groups is 1. The van der Waals surface area contributed by atoms with Crippen molar-refractivity contribution in [1.82, 2.24) is 0 Å². The Morgan fingerprint density at radius 1 is 1.03 bits per heavy atom. The van der Waals surface area contributed by atoms with E-state index < -0.39 is 18.4 Å². The summed E-state index contributed by atoms with van der Waals surface area (Å²) in [7, 11) is 0. The molecular formula is C29H29NO7S. The van der Waals surface area contributed by atoms with Crippen LogP contribution in [0.3, 0.4) is 0 Å². The molecule has 3 aromatic rings. The second-order valence-corrected chi connectivity index (χ2v) is 9.66. The second kappa shape index (κ2) is 13.3. The Bertz CT molecular complexity index is 1250. The summed E-state index contributed by atoms with van der Waals surface area (Å²) in [5, 5.41) is 21.6. The SMILES string of the molecule is C=CCOC(=O)Nc1ccc([C@@H]2O[C@H](CSc3ccccc3C(=O)O)C[C@H](c3ccc(CO)cc3)O2)cc1. The van der Waals surface area contributed by atoms with Gasteiger partial charge in [0.15, 0.2) is 6.29 Å². The fraction of sp³-hybridized carbons (Fsp3) is 0.241. The van der Waals surface area contributed by atoms with Crippen LogP contribution < -0.4 is 5.32 Å². The Morgan fingerprint density at radius 3 is 2.42 bits per heavy atom. The van der Waals surface area contributed by atoms with Crippen LogP contribution in [0.4, 0.5) is 10.5 Å². The average molecular weight is 536 g/mol. The molecule has 0 saturated carbocycles. The maximum atomic E-state index is 11.8. The summed E-state index contributed by atoms with van der Waals surface area (Å²) in [6.07, 6.45) is 0.319. The van der Waals surface area contributed by atoms with Crippen LogP contribution in [0.2, 0.25) is 0 Å². The third-order valence-corrected chi connectivity index (χ3v) is 7.12. The van der Waals surface area contributed by atoms with Gasteiger partial charge in [0.05, 0.1) is 24.4 Å². The first-order valence-electron chi connectivity index (χ1n) is 12.1. The molecule has 1 fully saturated rings. The molecule has 4 rings (SSSR count). The van der Waals surface area contributed by atoms with E-state index in [1.807, 2.05) is 42.5 Å². The lowest BCUT2D eigenvalue weighted by atomic mass is 10.0. The number of hydrogen-bond acceptors (Lipinski definition) is 7. The fourth-order valence-corrected chi connectivity index (χ4v) is 5.05. The van der Waals surface area contributed by atoms with Crippen LogP contribution in [-0.4, -0.2) is 40.7 Å². The molecule has 0 bridgehead atoms. The molecule has 38 heavy (non-hydrogen) atoms. The largest absolute Gasteiger partial charge is 0.478 e. The monoisotopic (exact) mass is 535 g/mol. The highest BCUT2D eigenvalue weighted by atomic mass is 32.2. The van der Waals surface area contributed by atoms with Gasteiger partial charge >= 0.3 is 12.1 Å². The average Bonchev–Trinajstić information content (AvgIpc) is 2.95. The van der Waals surface area contributed by atoms with E-state index in [0.29, 0.717) is 22.8 Å². The van der Waals surface area contributed by atoms with Gasteiger partial charge in [-0.3, -0.25) is 5.32 Å². The van der Waals surface area contributed by atoms with Crippen molar-refractivity contribution >= 4 is 29.5 Å². The lowest BCUT2D eigenvalue weighted by Crippen LogP contribution is -2.31. The third-order valence-electron chi connectivity index (χ3n) is 5.92. The van der Waals surface area contributed by atoms with Crippen molar-refractivity contribution in [2.45, 2.75) is 36.4 Å². The zero-order chi connectivity index (χ0) is 26.9. The van der Waals surface area contributed by atoms with Gasteiger partial charge in [0.2, 0.25) is 0 Å². The summed E-state index contributed by atoms with van der Waals surface area (Å²) in [6.45, 7) is 3.59. The normalized spacial score (nSPS) is 18.9. The Hall–Kier alpha value is -3.63. The molecular weight excluding hydrogens is 506 g/mol. The van der Waals surface area contributed by atoms with E-state index in [2.05, 4.69) is 11.9 Å². The van der Waals surface area contributed by atoms with Crippen molar-refractivity contribution in [2.75, 3.05) is 17.7 Å². The van der Waals surface area contributed by atoms with E-state index in [4.69, 9.17) is 14.2 Å². The number of nitrogens with one attached hydrogen (secondary N) is 1. The van der Waals surface area contributed by atoms with Crippen LogP contribution in [0, 0.1) is 0 Å². The molecule has 9 heteroatoms. The molecule has 3 N–H and O–H groups in total.